The highest BCUT2D eigenvalue weighted by Crippen LogP contribution is 2.28. The van der Waals surface area contributed by atoms with Gasteiger partial charge in [0, 0.05) is 38.3 Å². The zero-order valence-electron chi connectivity index (χ0n) is 14.1. The molecular weight excluding hydrogens is 415 g/mol. The number of fused-ring (bicyclic) bond motifs is 1. The van der Waals surface area contributed by atoms with Crippen LogP contribution in [0.25, 0.3) is 0 Å². The molecule has 2 aliphatic rings. The molecule has 0 bridgehead atoms. The number of piperidine rings is 1. The predicted molar refractivity (Wildman–Crippen MR) is 109 cm³/mol. The maximum Gasteiger partial charge on any atom is 0.227 e. The predicted octanol–water partition coefficient (Wildman–Crippen LogP) is 2.77. The van der Waals surface area contributed by atoms with E-state index >= 15 is 0 Å². The van der Waals surface area contributed by atoms with Crippen LogP contribution in [0.1, 0.15) is 37.7 Å². The molecule has 2 aliphatic heterocycles. The van der Waals surface area contributed by atoms with Gasteiger partial charge in [-0.15, -0.1) is 24.0 Å². The van der Waals surface area contributed by atoms with Crippen molar-refractivity contribution in [3.8, 4) is 0 Å². The monoisotopic (exact) mass is 442 g/mol. The number of aliphatic imine (C=N–C) groups is 1. The van der Waals surface area contributed by atoms with Gasteiger partial charge < -0.3 is 15.5 Å². The molecule has 0 atom stereocenters. The Bertz CT molecular complexity index is 584. The van der Waals surface area contributed by atoms with Gasteiger partial charge in [-0.25, -0.2) is 0 Å². The number of carbonyl (C=O) groups excluding carboxylic acids is 1. The third kappa shape index (κ3) is 4.62. The summed E-state index contributed by atoms with van der Waals surface area (Å²) in [4.78, 5) is 20.9. The summed E-state index contributed by atoms with van der Waals surface area (Å²) in [6.45, 7) is 3.46. The zero-order chi connectivity index (χ0) is 16.1. The van der Waals surface area contributed by atoms with Crippen LogP contribution in [-0.2, 0) is 11.2 Å². The second kappa shape index (κ2) is 9.25. The van der Waals surface area contributed by atoms with Gasteiger partial charge in [0.2, 0.25) is 5.91 Å². The van der Waals surface area contributed by atoms with Crippen molar-refractivity contribution in [3.05, 3.63) is 29.8 Å². The highest BCUT2D eigenvalue weighted by atomic mass is 127. The Kier molecular flexibility index (Phi) is 7.33. The third-order valence-corrected chi connectivity index (χ3v) is 4.69. The van der Waals surface area contributed by atoms with Gasteiger partial charge in [-0.3, -0.25) is 9.79 Å². The maximum atomic E-state index is 12.4. The van der Waals surface area contributed by atoms with Crippen LogP contribution in [0.5, 0.6) is 0 Å². The van der Waals surface area contributed by atoms with E-state index in [-0.39, 0.29) is 29.9 Å². The normalized spacial score (nSPS) is 17.4. The van der Waals surface area contributed by atoms with E-state index in [9.17, 15) is 4.79 Å². The molecule has 6 heteroatoms. The Morgan fingerprint density at radius 3 is 2.67 bits per heavy atom. The lowest BCUT2D eigenvalue weighted by Crippen LogP contribution is -2.41. The Morgan fingerprint density at radius 2 is 1.88 bits per heavy atom. The Hall–Kier alpha value is -1.31. The van der Waals surface area contributed by atoms with E-state index in [1.165, 1.54) is 24.8 Å². The fourth-order valence-electron chi connectivity index (χ4n) is 3.38. The van der Waals surface area contributed by atoms with E-state index in [1.54, 1.807) is 0 Å². The molecular formula is C18H27IN4O. The molecule has 2 N–H and O–H groups in total. The van der Waals surface area contributed by atoms with Gasteiger partial charge in [0.25, 0.3) is 0 Å². The van der Waals surface area contributed by atoms with Crippen LogP contribution < -0.4 is 10.6 Å². The molecule has 0 radical (unpaired) electrons. The SMILES string of the molecule is I.NC(=NCCCC(=O)N1CCc2ccccc21)N1CCCCC1. The molecule has 0 aliphatic carbocycles. The molecule has 0 spiro atoms. The van der Waals surface area contributed by atoms with E-state index in [1.807, 2.05) is 23.1 Å². The van der Waals surface area contributed by atoms with E-state index < -0.39 is 0 Å². The quantitative estimate of drug-likeness (QED) is 0.338. The number of likely N-dealkylation sites (tertiary alicyclic amines) is 1. The lowest BCUT2D eigenvalue weighted by molar-refractivity contribution is -0.118. The Labute approximate surface area is 161 Å². The third-order valence-electron chi connectivity index (χ3n) is 4.69. The summed E-state index contributed by atoms with van der Waals surface area (Å²) >= 11 is 0. The molecule has 0 unspecified atom stereocenters. The topological polar surface area (TPSA) is 61.9 Å². The summed E-state index contributed by atoms with van der Waals surface area (Å²) in [7, 11) is 0. The molecule has 1 fully saturated rings. The van der Waals surface area contributed by atoms with Crippen molar-refractivity contribution >= 4 is 41.5 Å². The number of amides is 1. The average molecular weight is 442 g/mol. The minimum absolute atomic E-state index is 0. The Balaban J connectivity index is 0.00000208. The number of benzene rings is 1. The minimum atomic E-state index is 0. The van der Waals surface area contributed by atoms with Gasteiger partial charge in [-0.2, -0.15) is 0 Å². The van der Waals surface area contributed by atoms with E-state index in [4.69, 9.17) is 5.73 Å². The lowest BCUT2D eigenvalue weighted by atomic mass is 10.1. The first kappa shape index (κ1) is 19.0. The van der Waals surface area contributed by atoms with E-state index in [2.05, 4.69) is 16.0 Å². The molecule has 2 heterocycles. The van der Waals surface area contributed by atoms with Gasteiger partial charge >= 0.3 is 0 Å². The van der Waals surface area contributed by atoms with Crippen LogP contribution in [0.4, 0.5) is 5.69 Å². The smallest absolute Gasteiger partial charge is 0.227 e. The second-order valence-electron chi connectivity index (χ2n) is 6.32. The van der Waals surface area contributed by atoms with Gasteiger partial charge in [-0.05, 0) is 43.7 Å². The number of rotatable bonds is 4. The first-order valence-corrected chi connectivity index (χ1v) is 8.69. The van der Waals surface area contributed by atoms with Crippen LogP contribution in [0.3, 0.4) is 0 Å². The van der Waals surface area contributed by atoms with Crippen molar-refractivity contribution in [1.82, 2.24) is 4.90 Å². The fourth-order valence-corrected chi connectivity index (χ4v) is 3.38. The van der Waals surface area contributed by atoms with Crippen molar-refractivity contribution < 1.29 is 4.79 Å². The zero-order valence-corrected chi connectivity index (χ0v) is 16.4. The number of guanidine groups is 1. The number of hydrogen-bond donors (Lipinski definition) is 1. The number of nitrogens with zero attached hydrogens (tertiary/aromatic N) is 3. The lowest BCUT2D eigenvalue weighted by Gasteiger charge is -2.27. The maximum absolute atomic E-state index is 12.4. The number of carbonyl (C=O) groups is 1. The molecule has 1 amide bonds. The first-order chi connectivity index (χ1) is 11.3. The van der Waals surface area contributed by atoms with Crippen molar-refractivity contribution in [2.75, 3.05) is 31.1 Å². The molecule has 0 aromatic heterocycles. The van der Waals surface area contributed by atoms with Crippen LogP contribution in [0.15, 0.2) is 29.3 Å². The second-order valence-corrected chi connectivity index (χ2v) is 6.32. The summed E-state index contributed by atoms with van der Waals surface area (Å²) in [6.07, 6.45) is 5.93. The highest BCUT2D eigenvalue weighted by molar-refractivity contribution is 14.0. The van der Waals surface area contributed by atoms with E-state index in [0.29, 0.717) is 18.9 Å². The van der Waals surface area contributed by atoms with Crippen molar-refractivity contribution in [2.45, 2.75) is 38.5 Å². The molecule has 5 nitrogen and oxygen atoms in total. The summed E-state index contributed by atoms with van der Waals surface area (Å²) in [5.41, 5.74) is 8.38. The molecule has 1 aromatic rings. The highest BCUT2D eigenvalue weighted by Gasteiger charge is 2.23. The van der Waals surface area contributed by atoms with Crippen molar-refractivity contribution in [3.63, 3.8) is 0 Å². The minimum Gasteiger partial charge on any atom is -0.370 e. The van der Waals surface area contributed by atoms with Crippen molar-refractivity contribution in [2.24, 2.45) is 10.7 Å². The first-order valence-electron chi connectivity index (χ1n) is 8.69. The average Bonchev–Trinajstić information content (AvgIpc) is 3.03. The molecule has 1 saturated heterocycles. The number of hydrogen-bond acceptors (Lipinski definition) is 2. The van der Waals surface area contributed by atoms with E-state index in [0.717, 1.165) is 38.2 Å². The van der Waals surface area contributed by atoms with Crippen LogP contribution in [0, 0.1) is 0 Å². The van der Waals surface area contributed by atoms with Crippen LogP contribution in [-0.4, -0.2) is 42.9 Å². The summed E-state index contributed by atoms with van der Waals surface area (Å²) in [5, 5.41) is 0. The molecule has 3 rings (SSSR count). The van der Waals surface area contributed by atoms with Gasteiger partial charge in [-0.1, -0.05) is 18.2 Å². The van der Waals surface area contributed by atoms with Gasteiger partial charge in [0.15, 0.2) is 5.96 Å². The van der Waals surface area contributed by atoms with Crippen LogP contribution >= 0.6 is 24.0 Å². The molecule has 132 valence electrons. The summed E-state index contributed by atoms with van der Waals surface area (Å²) < 4.78 is 0. The molecule has 24 heavy (non-hydrogen) atoms. The number of anilines is 1. The molecule has 0 saturated carbocycles. The summed E-state index contributed by atoms with van der Waals surface area (Å²) in [5.74, 6) is 0.838. The Morgan fingerprint density at radius 1 is 1.12 bits per heavy atom. The van der Waals surface area contributed by atoms with Crippen molar-refractivity contribution in [1.29, 1.82) is 0 Å². The number of nitrogens with two attached hydrogens (primary N) is 1. The largest absolute Gasteiger partial charge is 0.370 e. The van der Waals surface area contributed by atoms with Gasteiger partial charge in [0.1, 0.15) is 0 Å². The standard InChI is InChI=1S/C18H26N4O.HI/c19-18(21-12-4-1-5-13-21)20-11-6-9-17(23)22-14-10-15-7-2-3-8-16(15)22;/h2-3,7-8H,1,4-6,9-14H2,(H2,19,20);1H. The summed E-state index contributed by atoms with van der Waals surface area (Å²) in [6, 6.07) is 8.16. The van der Waals surface area contributed by atoms with Crippen LogP contribution in [0.2, 0.25) is 0 Å². The molecule has 1 aromatic carbocycles. The fraction of sp³-hybridized carbons (Fsp3) is 0.556. The number of para-hydroxylation sites is 1. The van der Waals surface area contributed by atoms with Gasteiger partial charge in [0.05, 0.1) is 0 Å². The number of halogens is 1.